The maximum atomic E-state index is 12.4. The van der Waals surface area contributed by atoms with Gasteiger partial charge in [0.25, 0.3) is 0 Å². The van der Waals surface area contributed by atoms with Gasteiger partial charge in [-0.2, -0.15) is 5.10 Å². The number of hydrogen-bond donors (Lipinski definition) is 1. The van der Waals surface area contributed by atoms with Crippen LogP contribution in [0.5, 0.6) is 0 Å². The molecule has 6 nitrogen and oxygen atoms in total. The van der Waals surface area contributed by atoms with Crippen molar-refractivity contribution in [2.45, 2.75) is 20.4 Å². The lowest BCUT2D eigenvalue weighted by Crippen LogP contribution is -2.21. The first-order chi connectivity index (χ1) is 14.6. The summed E-state index contributed by atoms with van der Waals surface area (Å²) in [5.74, 6) is 0.549. The van der Waals surface area contributed by atoms with Crippen LogP contribution in [0.15, 0.2) is 79.3 Å². The second-order valence-electron chi connectivity index (χ2n) is 6.99. The first kappa shape index (κ1) is 19.4. The molecule has 0 saturated heterocycles. The Labute approximate surface area is 175 Å². The fourth-order valence-corrected chi connectivity index (χ4v) is 3.51. The molecule has 0 unspecified atom stereocenters. The highest BCUT2D eigenvalue weighted by Crippen LogP contribution is 2.21. The van der Waals surface area contributed by atoms with Gasteiger partial charge in [-0.3, -0.25) is 4.79 Å². The second-order valence-corrected chi connectivity index (χ2v) is 6.99. The number of benzene rings is 1. The molecule has 0 fully saturated rings. The van der Waals surface area contributed by atoms with Gasteiger partial charge in [0.1, 0.15) is 0 Å². The molecule has 0 aliphatic rings. The zero-order valence-corrected chi connectivity index (χ0v) is 17.0. The fourth-order valence-electron chi connectivity index (χ4n) is 3.51. The number of aromatic nitrogens is 4. The molecule has 150 valence electrons. The molecule has 0 aliphatic carbocycles. The van der Waals surface area contributed by atoms with Crippen LogP contribution in [-0.2, 0) is 11.3 Å². The minimum atomic E-state index is -0.158. The number of nitrogens with one attached hydrogen (secondary N) is 1. The van der Waals surface area contributed by atoms with Gasteiger partial charge in [0.2, 0.25) is 5.91 Å². The highest BCUT2D eigenvalue weighted by atomic mass is 16.1. The highest BCUT2D eigenvalue weighted by Gasteiger charge is 2.10. The Morgan fingerprint density at radius 2 is 1.90 bits per heavy atom. The molecule has 4 rings (SSSR count). The maximum Gasteiger partial charge on any atom is 0.244 e. The summed E-state index contributed by atoms with van der Waals surface area (Å²) in [7, 11) is 0. The molecule has 4 aromatic rings. The highest BCUT2D eigenvalue weighted by molar-refractivity contribution is 5.91. The van der Waals surface area contributed by atoms with Crippen LogP contribution >= 0.6 is 0 Å². The first-order valence-electron chi connectivity index (χ1n) is 9.77. The molecule has 6 heteroatoms. The van der Waals surface area contributed by atoms with Gasteiger partial charge in [-0.15, -0.1) is 0 Å². The predicted octanol–water partition coefficient (Wildman–Crippen LogP) is 4.00. The van der Waals surface area contributed by atoms with E-state index < -0.39 is 0 Å². The molecular formula is C24H23N5O. The number of carbonyl (C=O) groups excluding carboxylic acids is 1. The van der Waals surface area contributed by atoms with Gasteiger partial charge in [-0.25, -0.2) is 9.67 Å². The van der Waals surface area contributed by atoms with E-state index in [1.165, 1.54) is 0 Å². The molecule has 0 spiro atoms. The standard InChI is InChI=1S/C24H23N5O/c1-18-16-20(19(2)29(18)22-9-4-3-5-10-22)11-12-23(30)26-17-21-8-6-13-25-24(21)28-15-7-14-27-28/h3-16H,17H2,1-2H3,(H,26,30)/b12-11+. The average Bonchev–Trinajstić information content (AvgIpc) is 3.40. The van der Waals surface area contributed by atoms with E-state index in [-0.39, 0.29) is 5.91 Å². The van der Waals surface area contributed by atoms with Gasteiger partial charge < -0.3 is 9.88 Å². The van der Waals surface area contributed by atoms with Crippen molar-refractivity contribution in [2.24, 2.45) is 0 Å². The molecule has 0 atom stereocenters. The largest absolute Gasteiger partial charge is 0.348 e. The Morgan fingerprint density at radius 3 is 2.67 bits per heavy atom. The van der Waals surface area contributed by atoms with E-state index in [1.54, 1.807) is 23.2 Å². The van der Waals surface area contributed by atoms with Crippen molar-refractivity contribution in [1.82, 2.24) is 24.6 Å². The predicted molar refractivity (Wildman–Crippen MR) is 117 cm³/mol. The van der Waals surface area contributed by atoms with Crippen LogP contribution in [0.4, 0.5) is 0 Å². The molecule has 3 aromatic heterocycles. The summed E-state index contributed by atoms with van der Waals surface area (Å²) < 4.78 is 3.87. The van der Waals surface area contributed by atoms with Crippen LogP contribution in [0.2, 0.25) is 0 Å². The molecule has 3 heterocycles. The minimum Gasteiger partial charge on any atom is -0.348 e. The van der Waals surface area contributed by atoms with Gasteiger partial charge in [-0.05, 0) is 55.8 Å². The molecule has 30 heavy (non-hydrogen) atoms. The lowest BCUT2D eigenvalue weighted by Gasteiger charge is -2.09. The van der Waals surface area contributed by atoms with Crippen LogP contribution in [0.3, 0.4) is 0 Å². The van der Waals surface area contributed by atoms with E-state index in [2.05, 4.69) is 52.0 Å². The van der Waals surface area contributed by atoms with Crippen LogP contribution < -0.4 is 5.32 Å². The van der Waals surface area contributed by atoms with Crippen molar-refractivity contribution in [3.63, 3.8) is 0 Å². The van der Waals surface area contributed by atoms with E-state index in [0.717, 1.165) is 28.2 Å². The van der Waals surface area contributed by atoms with Crippen LogP contribution in [0, 0.1) is 13.8 Å². The Kier molecular flexibility index (Phi) is 5.57. The summed E-state index contributed by atoms with van der Waals surface area (Å²) in [6.07, 6.45) is 8.67. The van der Waals surface area contributed by atoms with Gasteiger partial charge >= 0.3 is 0 Å². The van der Waals surface area contributed by atoms with Crippen molar-refractivity contribution in [3.8, 4) is 11.5 Å². The summed E-state index contributed by atoms with van der Waals surface area (Å²) in [6, 6.07) is 17.9. The molecule has 0 bridgehead atoms. The summed E-state index contributed by atoms with van der Waals surface area (Å²) in [6.45, 7) is 4.50. The third-order valence-electron chi connectivity index (χ3n) is 4.94. The molecule has 1 aromatic carbocycles. The first-order valence-corrected chi connectivity index (χ1v) is 9.77. The van der Waals surface area contributed by atoms with Crippen molar-refractivity contribution in [2.75, 3.05) is 0 Å². The number of rotatable bonds is 6. The Balaban J connectivity index is 1.46. The Hall–Kier alpha value is -3.93. The summed E-state index contributed by atoms with van der Waals surface area (Å²) >= 11 is 0. The number of para-hydroxylation sites is 1. The smallest absolute Gasteiger partial charge is 0.244 e. The van der Waals surface area contributed by atoms with E-state index in [1.807, 2.05) is 48.7 Å². The van der Waals surface area contributed by atoms with E-state index >= 15 is 0 Å². The summed E-state index contributed by atoms with van der Waals surface area (Å²) in [5, 5.41) is 7.15. The van der Waals surface area contributed by atoms with Crippen LogP contribution in [0.1, 0.15) is 22.5 Å². The second kappa shape index (κ2) is 8.61. The van der Waals surface area contributed by atoms with Gasteiger partial charge in [-0.1, -0.05) is 24.3 Å². The SMILES string of the molecule is Cc1cc(/C=C/C(=O)NCc2cccnc2-n2cccn2)c(C)n1-c1ccccc1. The van der Waals surface area contributed by atoms with Crippen LogP contribution in [-0.4, -0.2) is 25.2 Å². The number of hydrogen-bond acceptors (Lipinski definition) is 3. The average molecular weight is 397 g/mol. The third-order valence-corrected chi connectivity index (χ3v) is 4.94. The lowest BCUT2D eigenvalue weighted by molar-refractivity contribution is -0.116. The van der Waals surface area contributed by atoms with E-state index in [0.29, 0.717) is 12.4 Å². The van der Waals surface area contributed by atoms with Crippen molar-refractivity contribution in [3.05, 3.63) is 102 Å². The van der Waals surface area contributed by atoms with E-state index in [9.17, 15) is 4.79 Å². The summed E-state index contributed by atoms with van der Waals surface area (Å²) in [5.41, 5.74) is 5.24. The number of aryl methyl sites for hydroxylation is 1. The molecule has 1 amide bonds. The quantitative estimate of drug-likeness (QED) is 0.500. The van der Waals surface area contributed by atoms with Crippen LogP contribution in [0.25, 0.3) is 17.6 Å². The zero-order chi connectivity index (χ0) is 20.9. The fraction of sp³-hybridized carbons (Fsp3) is 0.125. The summed E-state index contributed by atoms with van der Waals surface area (Å²) in [4.78, 5) is 16.8. The Morgan fingerprint density at radius 1 is 1.07 bits per heavy atom. The molecular weight excluding hydrogens is 374 g/mol. The number of amides is 1. The van der Waals surface area contributed by atoms with Gasteiger partial charge in [0.05, 0.1) is 0 Å². The third kappa shape index (κ3) is 4.07. The van der Waals surface area contributed by atoms with Crippen molar-refractivity contribution >= 4 is 12.0 Å². The lowest BCUT2D eigenvalue weighted by atomic mass is 10.2. The number of pyridine rings is 1. The normalized spacial score (nSPS) is 11.1. The number of carbonyl (C=O) groups is 1. The molecule has 0 aliphatic heterocycles. The van der Waals surface area contributed by atoms with Crippen molar-refractivity contribution < 1.29 is 4.79 Å². The minimum absolute atomic E-state index is 0.158. The van der Waals surface area contributed by atoms with Crippen molar-refractivity contribution in [1.29, 1.82) is 0 Å². The molecule has 0 radical (unpaired) electrons. The van der Waals surface area contributed by atoms with Gasteiger partial charge in [0.15, 0.2) is 5.82 Å². The zero-order valence-electron chi connectivity index (χ0n) is 17.0. The Bertz CT molecular complexity index is 1170. The topological polar surface area (TPSA) is 64.7 Å². The maximum absolute atomic E-state index is 12.4. The van der Waals surface area contributed by atoms with E-state index in [4.69, 9.17) is 0 Å². The monoisotopic (exact) mass is 397 g/mol. The molecule has 1 N–H and O–H groups in total. The number of nitrogens with zero attached hydrogens (tertiary/aromatic N) is 4. The van der Waals surface area contributed by atoms with Gasteiger partial charge in [0, 0.05) is 53.9 Å². The molecule has 0 saturated carbocycles.